The molecule has 0 atom stereocenters. The summed E-state index contributed by atoms with van der Waals surface area (Å²) in [5.74, 6) is 3.16. The lowest BCUT2D eigenvalue weighted by Gasteiger charge is -2.11. The Morgan fingerprint density at radius 3 is 2.78 bits per heavy atom. The van der Waals surface area contributed by atoms with E-state index in [0.717, 1.165) is 17.2 Å². The molecule has 3 rings (SSSR count). The topological polar surface area (TPSA) is 85.1 Å². The summed E-state index contributed by atoms with van der Waals surface area (Å²) in [6, 6.07) is 11.2. The van der Waals surface area contributed by atoms with Crippen molar-refractivity contribution in [1.82, 2.24) is 15.1 Å². The van der Waals surface area contributed by atoms with Gasteiger partial charge < -0.3 is 19.9 Å². The highest BCUT2D eigenvalue weighted by atomic mass is 16.5. The van der Waals surface area contributed by atoms with Gasteiger partial charge in [-0.3, -0.25) is 0 Å². The maximum atomic E-state index is 5.58. The summed E-state index contributed by atoms with van der Waals surface area (Å²) < 4.78 is 10.6. The molecule has 0 saturated carbocycles. The van der Waals surface area contributed by atoms with E-state index in [0.29, 0.717) is 24.2 Å². The molecular weight excluding hydrogens is 294 g/mol. The molecule has 0 unspecified atom stereocenters. The van der Waals surface area contributed by atoms with Crippen molar-refractivity contribution in [2.24, 2.45) is 0 Å². The number of nitrogens with one attached hydrogen (secondary N) is 2. The van der Waals surface area contributed by atoms with E-state index in [4.69, 9.17) is 9.26 Å². The summed E-state index contributed by atoms with van der Waals surface area (Å²) in [5, 5.41) is 10.1. The van der Waals surface area contributed by atoms with Crippen LogP contribution in [0, 0.1) is 6.92 Å². The molecule has 0 fully saturated rings. The van der Waals surface area contributed by atoms with Crippen molar-refractivity contribution in [3.63, 3.8) is 0 Å². The van der Waals surface area contributed by atoms with E-state index in [2.05, 4.69) is 25.8 Å². The number of ether oxygens (including phenoxy) is 1. The maximum Gasteiger partial charge on any atom is 0.229 e. The Morgan fingerprint density at radius 2 is 2.00 bits per heavy atom. The maximum absolute atomic E-state index is 5.58. The number of benzene rings is 1. The number of anilines is 4. The standard InChI is InChI=1S/C16H17N5O2/c1-3-22-13-7-5-4-6-12(13)18-16-17-9-8-14(20-16)19-15-10-11(2)23-21-15/h4-10H,3H2,1-2H3,(H2,17,18,19,20,21). The smallest absolute Gasteiger partial charge is 0.229 e. The van der Waals surface area contributed by atoms with Crippen molar-refractivity contribution in [3.05, 3.63) is 48.4 Å². The largest absolute Gasteiger partial charge is 0.492 e. The van der Waals surface area contributed by atoms with E-state index >= 15 is 0 Å². The Kier molecular flexibility index (Phi) is 4.37. The normalized spacial score (nSPS) is 10.3. The van der Waals surface area contributed by atoms with Crippen molar-refractivity contribution in [2.75, 3.05) is 17.2 Å². The molecule has 0 aliphatic carbocycles. The molecule has 1 aromatic carbocycles. The number of hydrogen-bond donors (Lipinski definition) is 2. The van der Waals surface area contributed by atoms with Gasteiger partial charge in [-0.25, -0.2) is 4.98 Å². The van der Waals surface area contributed by atoms with Gasteiger partial charge >= 0.3 is 0 Å². The number of para-hydroxylation sites is 2. The molecule has 7 heteroatoms. The predicted octanol–water partition coefficient (Wildman–Crippen LogP) is 3.66. The van der Waals surface area contributed by atoms with Gasteiger partial charge in [-0.1, -0.05) is 17.3 Å². The van der Waals surface area contributed by atoms with Crippen molar-refractivity contribution in [1.29, 1.82) is 0 Å². The van der Waals surface area contributed by atoms with Crippen LogP contribution in [0.4, 0.5) is 23.3 Å². The second-order valence-corrected chi connectivity index (χ2v) is 4.77. The first-order valence-electron chi connectivity index (χ1n) is 7.27. The van der Waals surface area contributed by atoms with Gasteiger partial charge in [0.2, 0.25) is 5.95 Å². The van der Waals surface area contributed by atoms with Gasteiger partial charge in [0, 0.05) is 12.3 Å². The van der Waals surface area contributed by atoms with Gasteiger partial charge in [0.25, 0.3) is 0 Å². The zero-order valence-electron chi connectivity index (χ0n) is 12.9. The third kappa shape index (κ3) is 3.76. The molecule has 118 valence electrons. The zero-order valence-corrected chi connectivity index (χ0v) is 12.9. The second kappa shape index (κ2) is 6.78. The lowest BCUT2D eigenvalue weighted by molar-refractivity contribution is 0.342. The fraction of sp³-hybridized carbons (Fsp3) is 0.188. The van der Waals surface area contributed by atoms with Crippen LogP contribution in [0.1, 0.15) is 12.7 Å². The first-order valence-corrected chi connectivity index (χ1v) is 7.27. The van der Waals surface area contributed by atoms with E-state index in [1.54, 1.807) is 18.3 Å². The lowest BCUT2D eigenvalue weighted by Crippen LogP contribution is -2.02. The van der Waals surface area contributed by atoms with Crippen LogP contribution >= 0.6 is 0 Å². The number of nitrogens with zero attached hydrogens (tertiary/aromatic N) is 3. The highest BCUT2D eigenvalue weighted by Gasteiger charge is 2.06. The highest BCUT2D eigenvalue weighted by molar-refractivity contribution is 5.63. The number of hydrogen-bond acceptors (Lipinski definition) is 7. The molecule has 2 heterocycles. The Labute approximate surface area is 133 Å². The number of aryl methyl sites for hydroxylation is 1. The summed E-state index contributed by atoms with van der Waals surface area (Å²) in [4.78, 5) is 8.62. The number of aromatic nitrogens is 3. The molecule has 0 saturated heterocycles. The third-order valence-corrected chi connectivity index (χ3v) is 2.97. The van der Waals surface area contributed by atoms with Crippen LogP contribution in [0.15, 0.2) is 47.1 Å². The average molecular weight is 311 g/mol. The minimum absolute atomic E-state index is 0.461. The van der Waals surface area contributed by atoms with Crippen LogP contribution in [-0.2, 0) is 0 Å². The van der Waals surface area contributed by atoms with E-state index in [1.165, 1.54) is 0 Å². The first kappa shape index (κ1) is 14.8. The van der Waals surface area contributed by atoms with Crippen LogP contribution in [0.25, 0.3) is 0 Å². The summed E-state index contributed by atoms with van der Waals surface area (Å²) in [7, 11) is 0. The van der Waals surface area contributed by atoms with Crippen LogP contribution < -0.4 is 15.4 Å². The molecule has 0 aliphatic heterocycles. The Balaban J connectivity index is 1.77. The van der Waals surface area contributed by atoms with Gasteiger partial charge in [-0.05, 0) is 32.0 Å². The SMILES string of the molecule is CCOc1ccccc1Nc1nccc(Nc2cc(C)on2)n1. The summed E-state index contributed by atoms with van der Waals surface area (Å²) in [6.45, 7) is 4.36. The Bertz CT molecular complexity index is 787. The summed E-state index contributed by atoms with van der Waals surface area (Å²) in [6.07, 6.45) is 1.66. The van der Waals surface area contributed by atoms with Crippen molar-refractivity contribution in [3.8, 4) is 5.75 Å². The molecule has 0 bridgehead atoms. The van der Waals surface area contributed by atoms with E-state index in [9.17, 15) is 0 Å². The Hall–Kier alpha value is -3.09. The lowest BCUT2D eigenvalue weighted by atomic mass is 10.3. The fourth-order valence-electron chi connectivity index (χ4n) is 2.02. The summed E-state index contributed by atoms with van der Waals surface area (Å²) >= 11 is 0. The van der Waals surface area contributed by atoms with E-state index in [1.807, 2.05) is 38.1 Å². The molecule has 0 aliphatic rings. The van der Waals surface area contributed by atoms with Crippen molar-refractivity contribution in [2.45, 2.75) is 13.8 Å². The second-order valence-electron chi connectivity index (χ2n) is 4.77. The van der Waals surface area contributed by atoms with Gasteiger partial charge in [0.1, 0.15) is 17.3 Å². The summed E-state index contributed by atoms with van der Waals surface area (Å²) in [5.41, 5.74) is 0.809. The van der Waals surface area contributed by atoms with Gasteiger partial charge in [0.05, 0.1) is 12.3 Å². The molecule has 0 spiro atoms. The van der Waals surface area contributed by atoms with Crippen molar-refractivity contribution < 1.29 is 9.26 Å². The average Bonchev–Trinajstić information content (AvgIpc) is 2.95. The molecule has 23 heavy (non-hydrogen) atoms. The molecule has 0 amide bonds. The zero-order chi connectivity index (χ0) is 16.1. The van der Waals surface area contributed by atoms with Gasteiger partial charge in [0.15, 0.2) is 5.82 Å². The molecule has 0 radical (unpaired) electrons. The molecule has 2 aromatic heterocycles. The molecule has 2 N–H and O–H groups in total. The number of rotatable bonds is 6. The monoisotopic (exact) mass is 311 g/mol. The third-order valence-electron chi connectivity index (χ3n) is 2.97. The van der Waals surface area contributed by atoms with Gasteiger partial charge in [-0.2, -0.15) is 4.98 Å². The molecule has 3 aromatic rings. The molecule has 7 nitrogen and oxygen atoms in total. The molecular formula is C16H17N5O2. The van der Waals surface area contributed by atoms with Crippen LogP contribution in [0.2, 0.25) is 0 Å². The minimum atomic E-state index is 0.461. The van der Waals surface area contributed by atoms with Crippen LogP contribution in [0.3, 0.4) is 0 Å². The van der Waals surface area contributed by atoms with Gasteiger partial charge in [-0.15, -0.1) is 0 Å². The first-order chi connectivity index (χ1) is 11.2. The van der Waals surface area contributed by atoms with Crippen LogP contribution in [-0.4, -0.2) is 21.7 Å². The quantitative estimate of drug-likeness (QED) is 0.718. The van der Waals surface area contributed by atoms with E-state index in [-0.39, 0.29) is 0 Å². The van der Waals surface area contributed by atoms with Crippen LogP contribution in [0.5, 0.6) is 5.75 Å². The predicted molar refractivity (Wildman–Crippen MR) is 87.4 cm³/mol. The minimum Gasteiger partial charge on any atom is -0.492 e. The highest BCUT2D eigenvalue weighted by Crippen LogP contribution is 2.26. The van der Waals surface area contributed by atoms with E-state index < -0.39 is 0 Å². The Morgan fingerprint density at radius 1 is 1.13 bits per heavy atom. The van der Waals surface area contributed by atoms with Crippen molar-refractivity contribution >= 4 is 23.3 Å². The fourth-order valence-corrected chi connectivity index (χ4v) is 2.02.